The molecule has 1 aromatic heterocycles. The number of carbonyl (C=O) groups excluding carboxylic acids is 1. The number of benzene rings is 2. The molecule has 0 saturated heterocycles. The van der Waals surface area contributed by atoms with Crippen molar-refractivity contribution in [2.24, 2.45) is 0 Å². The van der Waals surface area contributed by atoms with Crippen molar-refractivity contribution in [2.45, 2.75) is 6.92 Å². The number of hydrogen-bond donors (Lipinski definition) is 2. The summed E-state index contributed by atoms with van der Waals surface area (Å²) in [6, 6.07) is 14.6. The quantitative estimate of drug-likeness (QED) is 0.721. The lowest BCUT2D eigenvalue weighted by Crippen LogP contribution is -2.20. The predicted octanol–water partition coefficient (Wildman–Crippen LogP) is 4.24. The summed E-state index contributed by atoms with van der Waals surface area (Å²) in [4.78, 5) is 12.4. The van der Waals surface area contributed by atoms with Gasteiger partial charge in [-0.15, -0.1) is 0 Å². The lowest BCUT2D eigenvalue weighted by atomic mass is 10.1. The van der Waals surface area contributed by atoms with Crippen LogP contribution in [0.15, 0.2) is 57.4 Å². The molecular weight excluding hydrogens is 344 g/mol. The molecule has 0 aliphatic carbocycles. The van der Waals surface area contributed by atoms with Gasteiger partial charge in [0.1, 0.15) is 11.1 Å². The Kier molecular flexibility index (Phi) is 3.81. The number of halogens is 1. The zero-order chi connectivity index (χ0) is 15.7. The van der Waals surface area contributed by atoms with Crippen LogP contribution in [-0.2, 0) is 0 Å². The Morgan fingerprint density at radius 2 is 2.00 bits per heavy atom. The summed E-state index contributed by atoms with van der Waals surface area (Å²) in [5.41, 5.74) is 2.36. The summed E-state index contributed by atoms with van der Waals surface area (Å²) >= 11 is 3.39. The first-order valence-electron chi connectivity index (χ1n) is 6.69. The van der Waals surface area contributed by atoms with E-state index in [2.05, 4.69) is 21.2 Å². The topological polar surface area (TPSA) is 66.1 Å². The van der Waals surface area contributed by atoms with Gasteiger partial charge in [-0.1, -0.05) is 28.1 Å². The second-order valence-electron chi connectivity index (χ2n) is 4.99. The smallest absolute Gasteiger partial charge is 0.261 e. The van der Waals surface area contributed by atoms with Crippen molar-refractivity contribution in [1.82, 2.24) is 0 Å². The molecule has 22 heavy (non-hydrogen) atoms. The van der Waals surface area contributed by atoms with Crippen LogP contribution in [0.4, 0.5) is 5.69 Å². The molecule has 0 spiro atoms. The second kappa shape index (κ2) is 5.77. The van der Waals surface area contributed by atoms with Gasteiger partial charge in [-0.2, -0.15) is 0 Å². The van der Waals surface area contributed by atoms with Crippen molar-refractivity contribution >= 4 is 38.5 Å². The predicted molar refractivity (Wildman–Crippen MR) is 88.9 cm³/mol. The third-order valence-corrected chi connectivity index (χ3v) is 3.74. The maximum absolute atomic E-state index is 12.4. The highest BCUT2D eigenvalue weighted by Crippen LogP contribution is 2.20. The van der Waals surface area contributed by atoms with E-state index in [4.69, 9.17) is 9.83 Å². The minimum Gasteiger partial charge on any atom is -0.438 e. The molecular formula is C17H13BrN2O2. The van der Waals surface area contributed by atoms with Crippen LogP contribution in [0.3, 0.4) is 0 Å². The molecule has 3 rings (SSSR count). The van der Waals surface area contributed by atoms with Gasteiger partial charge < -0.3 is 9.73 Å². The summed E-state index contributed by atoms with van der Waals surface area (Å²) in [6.07, 6.45) is 0. The lowest BCUT2D eigenvalue weighted by Gasteiger charge is -2.07. The van der Waals surface area contributed by atoms with Gasteiger partial charge in [-0.25, -0.2) is 0 Å². The Morgan fingerprint density at radius 3 is 2.77 bits per heavy atom. The fraction of sp³-hybridized carbons (Fsp3) is 0.0588. The van der Waals surface area contributed by atoms with Crippen LogP contribution < -0.4 is 10.9 Å². The lowest BCUT2D eigenvalue weighted by molar-refractivity contribution is 0.102. The maximum Gasteiger partial charge on any atom is 0.261 e. The van der Waals surface area contributed by atoms with E-state index < -0.39 is 0 Å². The molecule has 0 saturated carbocycles. The van der Waals surface area contributed by atoms with E-state index in [1.165, 1.54) is 0 Å². The number of carbonyl (C=O) groups is 1. The minimum atomic E-state index is -0.360. The molecule has 5 heteroatoms. The molecule has 110 valence electrons. The third-order valence-electron chi connectivity index (χ3n) is 3.25. The van der Waals surface area contributed by atoms with Crippen LogP contribution in [0.2, 0.25) is 0 Å². The number of hydrogen-bond acceptors (Lipinski definition) is 3. The summed E-state index contributed by atoms with van der Waals surface area (Å²) in [5.74, 6) is -0.360. The Balaban J connectivity index is 2.00. The fourth-order valence-electron chi connectivity index (χ4n) is 2.20. The van der Waals surface area contributed by atoms with E-state index in [1.807, 2.05) is 43.3 Å². The number of amides is 1. The number of rotatable bonds is 2. The van der Waals surface area contributed by atoms with Crippen LogP contribution in [0.1, 0.15) is 15.9 Å². The van der Waals surface area contributed by atoms with E-state index in [1.54, 1.807) is 12.1 Å². The Bertz CT molecular complexity index is 931. The van der Waals surface area contributed by atoms with E-state index >= 15 is 0 Å². The highest BCUT2D eigenvalue weighted by Gasteiger charge is 2.12. The second-order valence-corrected chi connectivity index (χ2v) is 5.91. The number of anilines is 1. The molecule has 1 heterocycles. The first kappa shape index (κ1) is 14.5. The Morgan fingerprint density at radius 1 is 1.18 bits per heavy atom. The number of nitrogens with one attached hydrogen (secondary N) is 2. The molecule has 3 aromatic rings. The van der Waals surface area contributed by atoms with Crippen molar-refractivity contribution in [3.63, 3.8) is 0 Å². The third kappa shape index (κ3) is 2.94. The molecule has 0 radical (unpaired) electrons. The van der Waals surface area contributed by atoms with E-state index in [0.717, 1.165) is 15.4 Å². The van der Waals surface area contributed by atoms with Gasteiger partial charge in [0.2, 0.25) is 5.55 Å². The fourth-order valence-corrected chi connectivity index (χ4v) is 2.58. The standard InChI is InChI=1S/C17H13BrN2O2/c1-10-3-2-4-13(7-10)20-17(21)14-9-11-8-12(18)5-6-15(11)22-16(14)19/h2-9,19H,1H3,(H,20,21). The molecule has 0 aliphatic heterocycles. The molecule has 2 aromatic carbocycles. The zero-order valence-corrected chi connectivity index (χ0v) is 13.4. The Hall–Kier alpha value is -2.40. The van der Waals surface area contributed by atoms with Gasteiger partial charge in [-0.3, -0.25) is 10.2 Å². The summed E-state index contributed by atoms with van der Waals surface area (Å²) < 4.78 is 6.30. The normalized spacial score (nSPS) is 10.6. The minimum absolute atomic E-state index is 0.153. The van der Waals surface area contributed by atoms with Crippen LogP contribution >= 0.6 is 15.9 Å². The van der Waals surface area contributed by atoms with Crippen molar-refractivity contribution in [3.8, 4) is 0 Å². The van der Waals surface area contributed by atoms with Crippen LogP contribution in [-0.4, -0.2) is 5.91 Å². The first-order valence-corrected chi connectivity index (χ1v) is 7.48. The largest absolute Gasteiger partial charge is 0.438 e. The average Bonchev–Trinajstić information content (AvgIpc) is 2.47. The van der Waals surface area contributed by atoms with Gasteiger partial charge in [0, 0.05) is 15.5 Å². The van der Waals surface area contributed by atoms with Crippen molar-refractivity contribution in [1.29, 1.82) is 5.41 Å². The van der Waals surface area contributed by atoms with Gasteiger partial charge in [0.15, 0.2) is 0 Å². The van der Waals surface area contributed by atoms with Crippen molar-refractivity contribution in [3.05, 3.63) is 69.7 Å². The SMILES string of the molecule is Cc1cccc(NC(=O)c2cc3cc(Br)ccc3oc2=N)c1. The van der Waals surface area contributed by atoms with Crippen LogP contribution in [0.25, 0.3) is 11.0 Å². The van der Waals surface area contributed by atoms with Gasteiger partial charge in [0.05, 0.1) is 0 Å². The van der Waals surface area contributed by atoms with E-state index in [9.17, 15) is 4.79 Å². The van der Waals surface area contributed by atoms with Gasteiger partial charge >= 0.3 is 0 Å². The van der Waals surface area contributed by atoms with Crippen LogP contribution in [0, 0.1) is 12.3 Å². The average molecular weight is 357 g/mol. The zero-order valence-electron chi connectivity index (χ0n) is 11.8. The summed E-state index contributed by atoms with van der Waals surface area (Å²) in [6.45, 7) is 1.95. The molecule has 0 fully saturated rings. The highest BCUT2D eigenvalue weighted by molar-refractivity contribution is 9.10. The molecule has 0 unspecified atom stereocenters. The summed E-state index contributed by atoms with van der Waals surface area (Å²) in [5, 5.41) is 11.5. The Labute approximate surface area is 135 Å². The first-order chi connectivity index (χ1) is 10.5. The number of aryl methyl sites for hydroxylation is 1. The highest BCUT2D eigenvalue weighted by atomic mass is 79.9. The van der Waals surface area contributed by atoms with Crippen LogP contribution in [0.5, 0.6) is 0 Å². The maximum atomic E-state index is 12.4. The van der Waals surface area contributed by atoms with Gasteiger partial charge in [0.25, 0.3) is 5.91 Å². The molecule has 4 nitrogen and oxygen atoms in total. The van der Waals surface area contributed by atoms with Gasteiger partial charge in [-0.05, 0) is 48.9 Å². The molecule has 1 amide bonds. The van der Waals surface area contributed by atoms with E-state index in [0.29, 0.717) is 11.3 Å². The molecule has 2 N–H and O–H groups in total. The summed E-state index contributed by atoms with van der Waals surface area (Å²) in [7, 11) is 0. The van der Waals surface area contributed by atoms with Crippen molar-refractivity contribution < 1.29 is 9.21 Å². The molecule has 0 bridgehead atoms. The van der Waals surface area contributed by atoms with Crippen molar-refractivity contribution in [2.75, 3.05) is 5.32 Å². The molecule has 0 atom stereocenters. The monoisotopic (exact) mass is 356 g/mol. The number of fused-ring (bicyclic) bond motifs is 1. The van der Waals surface area contributed by atoms with E-state index in [-0.39, 0.29) is 17.0 Å². The molecule has 0 aliphatic rings.